The Morgan fingerprint density at radius 2 is 1.81 bits per heavy atom. The summed E-state index contributed by atoms with van der Waals surface area (Å²) in [4.78, 5) is 34.6. The lowest BCUT2D eigenvalue weighted by Crippen LogP contribution is -2.42. The van der Waals surface area contributed by atoms with E-state index in [-0.39, 0.29) is 29.6 Å². The highest BCUT2D eigenvalue weighted by Crippen LogP contribution is 2.51. The van der Waals surface area contributed by atoms with Crippen LogP contribution in [0.3, 0.4) is 0 Å². The number of halogens is 2. The molecular weight excluding hydrogens is 416 g/mol. The Bertz CT molecular complexity index is 1230. The standard InChI is InChI=1S/C24H21F2N3O3/c25-16-10-14(11-17(26)12-16)20(30)22(32)29-9-6-19-18(13-29)21(31)28-23(27-19)24(7-8-24)15-4-2-1-3-5-15/h1-5,10-12,20,30H,6-9,13H2,(H,27,28,31)/t20-/m1/s1. The summed E-state index contributed by atoms with van der Waals surface area (Å²) in [6, 6.07) is 12.4. The van der Waals surface area contributed by atoms with Crippen molar-refractivity contribution in [1.82, 2.24) is 14.9 Å². The monoisotopic (exact) mass is 437 g/mol. The Kier molecular flexibility index (Phi) is 4.89. The topological polar surface area (TPSA) is 86.3 Å². The number of rotatable bonds is 4. The molecule has 164 valence electrons. The van der Waals surface area contributed by atoms with Crippen LogP contribution in [-0.4, -0.2) is 32.4 Å². The van der Waals surface area contributed by atoms with Crippen molar-refractivity contribution in [2.45, 2.75) is 37.3 Å². The van der Waals surface area contributed by atoms with Crippen LogP contribution >= 0.6 is 0 Å². The molecule has 0 spiro atoms. The van der Waals surface area contributed by atoms with Gasteiger partial charge in [-0.15, -0.1) is 0 Å². The number of H-pyrrole nitrogens is 1. The normalized spacial score (nSPS) is 17.5. The summed E-state index contributed by atoms with van der Waals surface area (Å²) in [5, 5.41) is 10.4. The van der Waals surface area contributed by atoms with Gasteiger partial charge in [-0.1, -0.05) is 30.3 Å². The number of aliphatic hydroxyl groups is 1. The van der Waals surface area contributed by atoms with E-state index >= 15 is 0 Å². The van der Waals surface area contributed by atoms with E-state index in [0.29, 0.717) is 29.6 Å². The number of nitrogens with one attached hydrogen (secondary N) is 1. The zero-order valence-electron chi connectivity index (χ0n) is 17.1. The second kappa shape index (κ2) is 7.63. The molecule has 6 nitrogen and oxygen atoms in total. The fourth-order valence-corrected chi connectivity index (χ4v) is 4.43. The highest BCUT2D eigenvalue weighted by molar-refractivity contribution is 5.82. The van der Waals surface area contributed by atoms with Gasteiger partial charge in [0.2, 0.25) is 0 Å². The molecule has 3 aromatic rings. The van der Waals surface area contributed by atoms with Crippen molar-refractivity contribution in [2.24, 2.45) is 0 Å². The van der Waals surface area contributed by atoms with Crippen molar-refractivity contribution in [3.05, 3.63) is 98.7 Å². The van der Waals surface area contributed by atoms with E-state index in [9.17, 15) is 23.5 Å². The maximum Gasteiger partial charge on any atom is 0.256 e. The molecule has 2 aromatic carbocycles. The second-order valence-corrected chi connectivity index (χ2v) is 8.40. The average molecular weight is 437 g/mol. The summed E-state index contributed by atoms with van der Waals surface area (Å²) in [5.41, 5.74) is 1.37. The van der Waals surface area contributed by atoms with Gasteiger partial charge in [0.1, 0.15) is 17.5 Å². The quantitative estimate of drug-likeness (QED) is 0.657. The van der Waals surface area contributed by atoms with Gasteiger partial charge >= 0.3 is 0 Å². The molecule has 1 amide bonds. The molecule has 32 heavy (non-hydrogen) atoms. The zero-order chi connectivity index (χ0) is 22.5. The van der Waals surface area contributed by atoms with Crippen LogP contribution in [0.5, 0.6) is 0 Å². The molecule has 5 rings (SSSR count). The van der Waals surface area contributed by atoms with Crippen LogP contribution in [0.15, 0.2) is 53.3 Å². The van der Waals surface area contributed by atoms with E-state index < -0.39 is 23.6 Å². The van der Waals surface area contributed by atoms with Crippen molar-refractivity contribution < 1.29 is 18.7 Å². The fraction of sp³-hybridized carbons (Fsp3) is 0.292. The van der Waals surface area contributed by atoms with Crippen LogP contribution in [-0.2, 0) is 23.2 Å². The molecule has 2 aliphatic rings. The summed E-state index contributed by atoms with van der Waals surface area (Å²) in [6.07, 6.45) is 0.438. The minimum Gasteiger partial charge on any atom is -0.378 e. The third-order valence-electron chi connectivity index (χ3n) is 6.34. The van der Waals surface area contributed by atoms with Gasteiger partial charge in [-0.3, -0.25) is 9.59 Å². The molecule has 1 aliphatic heterocycles. The number of benzene rings is 2. The molecule has 1 saturated carbocycles. The second-order valence-electron chi connectivity index (χ2n) is 8.40. The van der Waals surface area contributed by atoms with Gasteiger partial charge in [0.05, 0.1) is 23.2 Å². The Labute approximate surface area is 182 Å². The zero-order valence-corrected chi connectivity index (χ0v) is 17.1. The lowest BCUT2D eigenvalue weighted by molar-refractivity contribution is -0.141. The van der Waals surface area contributed by atoms with E-state index in [1.165, 1.54) is 4.90 Å². The first-order valence-corrected chi connectivity index (χ1v) is 10.5. The van der Waals surface area contributed by atoms with Crippen molar-refractivity contribution in [1.29, 1.82) is 0 Å². The number of hydrogen-bond donors (Lipinski definition) is 2. The highest BCUT2D eigenvalue weighted by Gasteiger charge is 2.48. The molecule has 1 fully saturated rings. The first-order chi connectivity index (χ1) is 15.4. The predicted octanol–water partition coefficient (Wildman–Crippen LogP) is 2.75. The van der Waals surface area contributed by atoms with Gasteiger partial charge in [-0.2, -0.15) is 0 Å². The molecule has 0 radical (unpaired) electrons. The Balaban J connectivity index is 1.40. The maximum atomic E-state index is 13.5. The summed E-state index contributed by atoms with van der Waals surface area (Å²) >= 11 is 0. The van der Waals surface area contributed by atoms with Crippen LogP contribution in [0.2, 0.25) is 0 Å². The average Bonchev–Trinajstić information content (AvgIpc) is 3.60. The lowest BCUT2D eigenvalue weighted by atomic mass is 9.94. The number of aromatic amines is 1. The number of nitrogens with zero attached hydrogens (tertiary/aromatic N) is 2. The van der Waals surface area contributed by atoms with Gasteiger partial charge in [-0.05, 0) is 36.1 Å². The van der Waals surface area contributed by atoms with E-state index in [1.54, 1.807) is 0 Å². The summed E-state index contributed by atoms with van der Waals surface area (Å²) < 4.78 is 27.0. The minimum atomic E-state index is -1.72. The molecule has 2 N–H and O–H groups in total. The first kappa shape index (κ1) is 20.5. The number of hydrogen-bond acceptors (Lipinski definition) is 4. The number of aliphatic hydroxyl groups excluding tert-OH is 1. The number of carbonyl (C=O) groups excluding carboxylic acids is 1. The molecule has 0 bridgehead atoms. The summed E-state index contributed by atoms with van der Waals surface area (Å²) in [6.45, 7) is 0.221. The summed E-state index contributed by atoms with van der Waals surface area (Å²) in [7, 11) is 0. The third-order valence-corrected chi connectivity index (χ3v) is 6.34. The molecule has 1 atom stereocenters. The lowest BCUT2D eigenvalue weighted by Gasteiger charge is -2.30. The predicted molar refractivity (Wildman–Crippen MR) is 112 cm³/mol. The van der Waals surface area contributed by atoms with E-state index in [0.717, 1.165) is 30.5 Å². The molecule has 0 unspecified atom stereocenters. The van der Waals surface area contributed by atoms with Gasteiger partial charge in [0.25, 0.3) is 11.5 Å². The van der Waals surface area contributed by atoms with Crippen LogP contribution < -0.4 is 5.56 Å². The minimum absolute atomic E-state index is 0.0238. The highest BCUT2D eigenvalue weighted by atomic mass is 19.1. The maximum absolute atomic E-state index is 13.5. The molecule has 2 heterocycles. The van der Waals surface area contributed by atoms with Crippen LogP contribution in [0.4, 0.5) is 8.78 Å². The van der Waals surface area contributed by atoms with Crippen molar-refractivity contribution in [3.63, 3.8) is 0 Å². The Hall–Kier alpha value is -3.39. The van der Waals surface area contributed by atoms with Crippen LogP contribution in [0.1, 0.15) is 47.2 Å². The van der Waals surface area contributed by atoms with Crippen LogP contribution in [0, 0.1) is 11.6 Å². The van der Waals surface area contributed by atoms with Gasteiger partial charge < -0.3 is 15.0 Å². The molecule has 0 saturated heterocycles. The largest absolute Gasteiger partial charge is 0.378 e. The van der Waals surface area contributed by atoms with E-state index in [4.69, 9.17) is 4.98 Å². The number of carbonyl (C=O) groups is 1. The first-order valence-electron chi connectivity index (χ1n) is 10.5. The van der Waals surface area contributed by atoms with Crippen molar-refractivity contribution in [3.8, 4) is 0 Å². The van der Waals surface area contributed by atoms with Gasteiger partial charge in [-0.25, -0.2) is 13.8 Å². The van der Waals surface area contributed by atoms with Crippen LogP contribution in [0.25, 0.3) is 0 Å². The number of fused-ring (bicyclic) bond motifs is 1. The van der Waals surface area contributed by atoms with Crippen molar-refractivity contribution in [2.75, 3.05) is 6.54 Å². The fourth-order valence-electron chi connectivity index (χ4n) is 4.43. The molecular formula is C24H21F2N3O3. The summed E-state index contributed by atoms with van der Waals surface area (Å²) in [5.74, 6) is -1.83. The number of amides is 1. The van der Waals surface area contributed by atoms with E-state index in [1.807, 2.05) is 30.3 Å². The van der Waals surface area contributed by atoms with Gasteiger partial charge in [0, 0.05) is 19.0 Å². The number of aromatic nitrogens is 2. The molecule has 8 heteroatoms. The molecule has 1 aromatic heterocycles. The SMILES string of the molecule is O=C([C@H](O)c1cc(F)cc(F)c1)N1CCc2nc(C3(c4ccccc4)CC3)[nH]c(=O)c2C1. The molecule has 1 aliphatic carbocycles. The smallest absolute Gasteiger partial charge is 0.256 e. The van der Waals surface area contributed by atoms with Gasteiger partial charge in [0.15, 0.2) is 6.10 Å². The Morgan fingerprint density at radius 1 is 1.12 bits per heavy atom. The Morgan fingerprint density at radius 3 is 2.47 bits per heavy atom. The third kappa shape index (κ3) is 3.50. The van der Waals surface area contributed by atoms with E-state index in [2.05, 4.69) is 4.98 Å². The van der Waals surface area contributed by atoms with Crippen molar-refractivity contribution >= 4 is 5.91 Å².